The van der Waals surface area contributed by atoms with E-state index in [1.54, 1.807) is 14.0 Å². The van der Waals surface area contributed by atoms with E-state index in [1.165, 1.54) is 0 Å². The van der Waals surface area contributed by atoms with Crippen molar-refractivity contribution in [3.8, 4) is 5.75 Å². The van der Waals surface area contributed by atoms with E-state index in [2.05, 4.69) is 33.6 Å². The minimum atomic E-state index is -0.623. The number of aromatic nitrogens is 2. The van der Waals surface area contributed by atoms with Crippen molar-refractivity contribution in [3.05, 3.63) is 54.1 Å². The first kappa shape index (κ1) is 22.8. The van der Waals surface area contributed by atoms with Gasteiger partial charge in [-0.05, 0) is 49.8 Å². The zero-order valence-corrected chi connectivity index (χ0v) is 18.8. The zero-order chi connectivity index (χ0) is 22.2. The quantitative estimate of drug-likeness (QED) is 0.505. The molecule has 0 saturated carbocycles. The van der Waals surface area contributed by atoms with Gasteiger partial charge in [0.15, 0.2) is 0 Å². The summed E-state index contributed by atoms with van der Waals surface area (Å²) in [6.07, 6.45) is -0.623. The number of rotatable bonds is 11. The second-order valence-corrected chi connectivity index (χ2v) is 7.40. The van der Waals surface area contributed by atoms with Crippen LogP contribution in [0.2, 0.25) is 0 Å². The van der Waals surface area contributed by atoms with E-state index >= 15 is 0 Å². The molecule has 1 atom stereocenters. The summed E-state index contributed by atoms with van der Waals surface area (Å²) in [5, 5.41) is 2.96. The summed E-state index contributed by atoms with van der Waals surface area (Å²) in [4.78, 5) is 19.8. The second kappa shape index (κ2) is 10.9. The molecule has 3 rings (SSSR count). The molecule has 1 aromatic heterocycles. The fraction of sp³-hybridized carbons (Fsp3) is 0.417. The van der Waals surface area contributed by atoms with Crippen molar-refractivity contribution < 1.29 is 14.3 Å². The summed E-state index contributed by atoms with van der Waals surface area (Å²) >= 11 is 0. The molecule has 0 spiro atoms. The van der Waals surface area contributed by atoms with E-state index in [9.17, 15) is 4.79 Å². The van der Waals surface area contributed by atoms with Crippen LogP contribution in [0.25, 0.3) is 11.0 Å². The van der Waals surface area contributed by atoms with Crippen LogP contribution in [-0.4, -0.2) is 53.2 Å². The number of nitrogens with one attached hydrogen (secondary N) is 1. The van der Waals surface area contributed by atoms with Gasteiger partial charge in [-0.2, -0.15) is 0 Å². The van der Waals surface area contributed by atoms with Crippen LogP contribution < -0.4 is 10.1 Å². The average molecular weight is 425 g/mol. The second-order valence-electron chi connectivity index (χ2n) is 7.40. The fourth-order valence-corrected chi connectivity index (χ4v) is 3.45. The summed E-state index contributed by atoms with van der Waals surface area (Å²) in [5.41, 5.74) is 2.82. The lowest BCUT2D eigenvalue weighted by Crippen LogP contribution is -2.30. The summed E-state index contributed by atoms with van der Waals surface area (Å²) in [6.45, 7) is 9.98. The van der Waals surface area contributed by atoms with Crippen molar-refractivity contribution in [1.82, 2.24) is 14.5 Å². The standard InChI is InChI=1S/C24H32N4O3/c1-5-27(6-2)14-15-28-22-13-8-7-12-21(22)25-24(28)26-23(29)18(3)31-17-19-10-9-11-20(16-19)30-4/h7-13,16,18H,5-6,14-15,17H2,1-4H3,(H,25,26,29). The number of likely N-dealkylation sites (N-methyl/N-ethyl adjacent to an activating group) is 1. The highest BCUT2D eigenvalue weighted by Gasteiger charge is 2.18. The first-order valence-corrected chi connectivity index (χ1v) is 10.8. The lowest BCUT2D eigenvalue weighted by molar-refractivity contribution is -0.127. The molecule has 1 unspecified atom stereocenters. The first-order chi connectivity index (χ1) is 15.0. The lowest BCUT2D eigenvalue weighted by Gasteiger charge is -2.20. The molecular weight excluding hydrogens is 392 g/mol. The summed E-state index contributed by atoms with van der Waals surface area (Å²) in [7, 11) is 1.63. The van der Waals surface area contributed by atoms with Crippen LogP contribution in [0.15, 0.2) is 48.5 Å². The maximum Gasteiger partial charge on any atom is 0.255 e. The molecule has 166 valence electrons. The Morgan fingerprint density at radius 2 is 1.94 bits per heavy atom. The Kier molecular flexibility index (Phi) is 8.03. The average Bonchev–Trinajstić information content (AvgIpc) is 3.15. The van der Waals surface area contributed by atoms with E-state index in [0.29, 0.717) is 12.6 Å². The number of nitrogens with zero attached hydrogens (tertiary/aromatic N) is 3. The van der Waals surface area contributed by atoms with Gasteiger partial charge in [-0.25, -0.2) is 4.98 Å². The number of imidazole rings is 1. The van der Waals surface area contributed by atoms with Gasteiger partial charge in [0.05, 0.1) is 24.8 Å². The zero-order valence-electron chi connectivity index (χ0n) is 18.8. The van der Waals surface area contributed by atoms with Gasteiger partial charge in [0.25, 0.3) is 5.91 Å². The monoisotopic (exact) mass is 424 g/mol. The maximum atomic E-state index is 12.8. The number of fused-ring (bicyclic) bond motifs is 1. The van der Waals surface area contributed by atoms with Crippen LogP contribution in [0.3, 0.4) is 0 Å². The van der Waals surface area contributed by atoms with Crippen LogP contribution in [-0.2, 0) is 22.7 Å². The Bertz CT molecular complexity index is 997. The van der Waals surface area contributed by atoms with Gasteiger partial charge in [-0.15, -0.1) is 0 Å². The van der Waals surface area contributed by atoms with Crippen LogP contribution >= 0.6 is 0 Å². The van der Waals surface area contributed by atoms with Crippen LogP contribution in [0, 0.1) is 0 Å². The highest BCUT2D eigenvalue weighted by molar-refractivity contribution is 5.94. The molecule has 1 N–H and O–H groups in total. The molecule has 0 radical (unpaired) electrons. The smallest absolute Gasteiger partial charge is 0.255 e. The molecule has 0 aliphatic rings. The molecule has 1 heterocycles. The maximum absolute atomic E-state index is 12.8. The molecular formula is C24H32N4O3. The van der Waals surface area contributed by atoms with Gasteiger partial charge >= 0.3 is 0 Å². The van der Waals surface area contributed by atoms with E-state index in [0.717, 1.165) is 48.5 Å². The molecule has 0 aliphatic heterocycles. The van der Waals surface area contributed by atoms with Gasteiger partial charge in [-0.3, -0.25) is 10.1 Å². The van der Waals surface area contributed by atoms with Crippen molar-refractivity contribution in [2.75, 3.05) is 32.1 Å². The molecule has 3 aromatic rings. The number of hydrogen-bond acceptors (Lipinski definition) is 5. The highest BCUT2D eigenvalue weighted by Crippen LogP contribution is 2.20. The molecule has 0 saturated heterocycles. The third kappa shape index (κ3) is 5.83. The largest absolute Gasteiger partial charge is 0.497 e. The van der Waals surface area contributed by atoms with E-state index in [1.807, 2.05) is 48.5 Å². The number of methoxy groups -OCH3 is 1. The molecule has 0 bridgehead atoms. The SMILES string of the molecule is CCN(CC)CCn1c(NC(=O)C(C)OCc2cccc(OC)c2)nc2ccccc21. The Morgan fingerprint density at radius 3 is 2.68 bits per heavy atom. The normalized spacial score (nSPS) is 12.3. The van der Waals surface area contributed by atoms with Gasteiger partial charge in [-0.1, -0.05) is 38.1 Å². The Labute approximate surface area is 184 Å². The van der Waals surface area contributed by atoms with Crippen LogP contribution in [0.5, 0.6) is 5.75 Å². The van der Waals surface area contributed by atoms with E-state index < -0.39 is 6.10 Å². The predicted octanol–water partition coefficient (Wildman–Crippen LogP) is 3.93. The van der Waals surface area contributed by atoms with Gasteiger partial charge in [0.2, 0.25) is 5.95 Å². The van der Waals surface area contributed by atoms with Gasteiger partial charge in [0, 0.05) is 13.1 Å². The minimum Gasteiger partial charge on any atom is -0.497 e. The predicted molar refractivity (Wildman–Crippen MR) is 123 cm³/mol. The summed E-state index contributed by atoms with van der Waals surface area (Å²) in [5.74, 6) is 1.10. The Morgan fingerprint density at radius 1 is 1.16 bits per heavy atom. The fourth-order valence-electron chi connectivity index (χ4n) is 3.45. The third-order valence-corrected chi connectivity index (χ3v) is 5.43. The van der Waals surface area contributed by atoms with Gasteiger partial charge in [0.1, 0.15) is 11.9 Å². The number of carbonyl (C=O) groups is 1. The van der Waals surface area contributed by atoms with E-state index in [4.69, 9.17) is 9.47 Å². The molecule has 0 fully saturated rings. The molecule has 2 aromatic carbocycles. The van der Waals surface area contributed by atoms with E-state index in [-0.39, 0.29) is 5.91 Å². The first-order valence-electron chi connectivity index (χ1n) is 10.8. The molecule has 0 aliphatic carbocycles. The van der Waals surface area contributed by atoms with Crippen LogP contribution in [0.4, 0.5) is 5.95 Å². The van der Waals surface area contributed by atoms with Crippen LogP contribution in [0.1, 0.15) is 26.3 Å². The summed E-state index contributed by atoms with van der Waals surface area (Å²) < 4.78 is 13.1. The number of para-hydroxylation sites is 2. The van der Waals surface area contributed by atoms with Crippen molar-refractivity contribution in [2.24, 2.45) is 0 Å². The molecule has 7 heteroatoms. The van der Waals surface area contributed by atoms with Crippen molar-refractivity contribution in [2.45, 2.75) is 40.0 Å². The number of hydrogen-bond donors (Lipinski definition) is 1. The van der Waals surface area contributed by atoms with Gasteiger partial charge < -0.3 is 18.9 Å². The number of carbonyl (C=O) groups excluding carboxylic acids is 1. The topological polar surface area (TPSA) is 68.6 Å². The lowest BCUT2D eigenvalue weighted by atomic mass is 10.2. The van der Waals surface area contributed by atoms with Crippen molar-refractivity contribution in [1.29, 1.82) is 0 Å². The minimum absolute atomic E-state index is 0.220. The number of ether oxygens (including phenoxy) is 2. The van der Waals surface area contributed by atoms with Crippen molar-refractivity contribution >= 4 is 22.9 Å². The van der Waals surface area contributed by atoms with Crippen molar-refractivity contribution in [3.63, 3.8) is 0 Å². The highest BCUT2D eigenvalue weighted by atomic mass is 16.5. The molecule has 7 nitrogen and oxygen atoms in total. The third-order valence-electron chi connectivity index (χ3n) is 5.43. The Balaban J connectivity index is 1.69. The molecule has 31 heavy (non-hydrogen) atoms. The summed E-state index contributed by atoms with van der Waals surface area (Å²) in [6, 6.07) is 15.6. The molecule has 1 amide bonds. The Hall–Kier alpha value is -2.90. The number of amides is 1. The number of anilines is 1. The number of benzene rings is 2.